The number of nitrogens with one attached hydrogen (secondary N) is 1. The Morgan fingerprint density at radius 3 is 2.56 bits per heavy atom. The van der Waals surface area contributed by atoms with Crippen molar-refractivity contribution in [1.82, 2.24) is 14.8 Å². The van der Waals surface area contributed by atoms with Crippen molar-refractivity contribution in [3.63, 3.8) is 0 Å². The lowest BCUT2D eigenvalue weighted by atomic mass is 10.0. The molecule has 0 aliphatic rings. The first-order valence-electron chi connectivity index (χ1n) is 11.7. The summed E-state index contributed by atoms with van der Waals surface area (Å²) in [6, 6.07) is 26.9. The summed E-state index contributed by atoms with van der Waals surface area (Å²) in [5.41, 5.74) is 4.54. The van der Waals surface area contributed by atoms with E-state index in [1.165, 1.54) is 34.2 Å². The minimum Gasteiger partial charge on any atom is -0.323 e. The molecule has 0 spiro atoms. The molecular weight excluding hydrogens is 471 g/mol. The number of halogens is 1. The van der Waals surface area contributed by atoms with Crippen LogP contribution >= 0.6 is 11.8 Å². The summed E-state index contributed by atoms with van der Waals surface area (Å²) in [5, 5.41) is 14.6. The number of amides is 1. The van der Waals surface area contributed by atoms with Crippen LogP contribution in [0.15, 0.2) is 90.1 Å². The van der Waals surface area contributed by atoms with E-state index in [4.69, 9.17) is 0 Å². The maximum absolute atomic E-state index is 13.9. The molecule has 1 amide bonds. The number of benzene rings is 4. The molecule has 0 saturated heterocycles. The van der Waals surface area contributed by atoms with Gasteiger partial charge >= 0.3 is 0 Å². The molecular formula is C29H25FN4OS. The van der Waals surface area contributed by atoms with E-state index < -0.39 is 5.82 Å². The minimum absolute atomic E-state index is 0.0750. The number of thioether (sulfide) groups is 1. The zero-order valence-electron chi connectivity index (χ0n) is 20.0. The van der Waals surface area contributed by atoms with Gasteiger partial charge < -0.3 is 5.32 Å². The molecule has 0 saturated carbocycles. The fraction of sp³-hybridized carbons (Fsp3) is 0.138. The summed E-state index contributed by atoms with van der Waals surface area (Å²) in [5.74, 6) is 0.0870. The zero-order valence-corrected chi connectivity index (χ0v) is 20.8. The number of hydrogen-bond acceptors (Lipinski definition) is 4. The fourth-order valence-corrected chi connectivity index (χ4v) is 5.07. The molecule has 1 aromatic heterocycles. The van der Waals surface area contributed by atoms with E-state index >= 15 is 0 Å². The first kappa shape index (κ1) is 23.8. The second-order valence-corrected chi connectivity index (χ2v) is 9.60. The van der Waals surface area contributed by atoms with E-state index in [0.717, 1.165) is 22.6 Å². The van der Waals surface area contributed by atoms with E-state index in [-0.39, 0.29) is 17.3 Å². The number of aromatic nitrogens is 3. The predicted molar refractivity (Wildman–Crippen MR) is 143 cm³/mol. The summed E-state index contributed by atoms with van der Waals surface area (Å²) < 4.78 is 16.0. The van der Waals surface area contributed by atoms with Crippen LogP contribution in [-0.2, 0) is 11.2 Å². The highest BCUT2D eigenvalue weighted by molar-refractivity contribution is 7.99. The molecule has 0 radical (unpaired) electrons. The Hall–Kier alpha value is -3.97. The smallest absolute Gasteiger partial charge is 0.234 e. The Morgan fingerprint density at radius 2 is 1.72 bits per heavy atom. The maximum atomic E-state index is 13.9. The summed E-state index contributed by atoms with van der Waals surface area (Å²) in [6.07, 6.45) is 0.587. The molecule has 1 heterocycles. The summed E-state index contributed by atoms with van der Waals surface area (Å²) in [6.45, 7) is 4.12. The lowest BCUT2D eigenvalue weighted by Gasteiger charge is -2.14. The molecule has 0 atom stereocenters. The Balaban J connectivity index is 1.47. The summed E-state index contributed by atoms with van der Waals surface area (Å²) in [7, 11) is 0. The van der Waals surface area contributed by atoms with Crippen LogP contribution in [0.3, 0.4) is 0 Å². The van der Waals surface area contributed by atoms with Gasteiger partial charge in [-0.15, -0.1) is 10.2 Å². The van der Waals surface area contributed by atoms with Crippen LogP contribution in [0.2, 0.25) is 0 Å². The number of aryl methyl sites for hydroxylation is 2. The van der Waals surface area contributed by atoms with Gasteiger partial charge in [-0.25, -0.2) is 4.39 Å². The highest BCUT2D eigenvalue weighted by atomic mass is 32.2. The topological polar surface area (TPSA) is 59.8 Å². The van der Waals surface area contributed by atoms with Crippen LogP contribution in [0.5, 0.6) is 0 Å². The van der Waals surface area contributed by atoms with Crippen molar-refractivity contribution >= 4 is 34.1 Å². The molecule has 5 rings (SSSR count). The van der Waals surface area contributed by atoms with Crippen molar-refractivity contribution in [3.8, 4) is 5.69 Å². The monoisotopic (exact) mass is 496 g/mol. The molecule has 5 aromatic rings. The van der Waals surface area contributed by atoms with Gasteiger partial charge in [0.1, 0.15) is 11.6 Å². The van der Waals surface area contributed by atoms with Crippen molar-refractivity contribution in [2.75, 3.05) is 11.1 Å². The predicted octanol–water partition coefficient (Wildman–Crippen LogP) is 6.50. The van der Waals surface area contributed by atoms with Crippen LogP contribution in [0.4, 0.5) is 10.1 Å². The standard InChI is InChI=1S/C29H25FN4OS/c1-19-14-15-26(20(2)16-19)34-27(17-22-10-7-9-21-8-3-4-11-23(21)22)32-33-29(34)36-18-28(35)31-25-13-6-5-12-24(25)30/h3-16H,17-18H2,1-2H3,(H,31,35). The lowest BCUT2D eigenvalue weighted by Crippen LogP contribution is -2.15. The van der Waals surface area contributed by atoms with Gasteiger partial charge in [0.05, 0.1) is 17.1 Å². The lowest BCUT2D eigenvalue weighted by molar-refractivity contribution is -0.113. The minimum atomic E-state index is -0.466. The normalized spacial score (nSPS) is 11.1. The first-order valence-corrected chi connectivity index (χ1v) is 12.6. The van der Waals surface area contributed by atoms with Gasteiger partial charge in [0, 0.05) is 6.42 Å². The molecule has 1 N–H and O–H groups in total. The van der Waals surface area contributed by atoms with E-state index in [1.807, 2.05) is 16.7 Å². The van der Waals surface area contributed by atoms with Crippen molar-refractivity contribution in [3.05, 3.63) is 113 Å². The number of carbonyl (C=O) groups is 1. The summed E-state index contributed by atoms with van der Waals surface area (Å²) in [4.78, 5) is 12.6. The summed E-state index contributed by atoms with van der Waals surface area (Å²) >= 11 is 1.28. The number of para-hydroxylation sites is 1. The van der Waals surface area contributed by atoms with Crippen LogP contribution in [0, 0.1) is 19.7 Å². The number of anilines is 1. The second-order valence-electron chi connectivity index (χ2n) is 8.66. The fourth-order valence-electron chi connectivity index (χ4n) is 4.30. The number of rotatable bonds is 7. The van der Waals surface area contributed by atoms with E-state index in [0.29, 0.717) is 11.6 Å². The Bertz CT molecular complexity index is 1560. The van der Waals surface area contributed by atoms with Gasteiger partial charge in [0.25, 0.3) is 0 Å². The van der Waals surface area contributed by atoms with Gasteiger partial charge in [-0.1, -0.05) is 84.1 Å². The SMILES string of the molecule is Cc1ccc(-n2c(Cc3cccc4ccccc34)nnc2SCC(=O)Nc2ccccc2F)c(C)c1. The van der Waals surface area contributed by atoms with Crippen molar-refractivity contribution in [1.29, 1.82) is 0 Å². The molecule has 180 valence electrons. The average Bonchev–Trinajstić information content (AvgIpc) is 3.26. The van der Waals surface area contributed by atoms with Crippen molar-refractivity contribution in [2.45, 2.75) is 25.4 Å². The third-order valence-corrected chi connectivity index (χ3v) is 6.93. The van der Waals surface area contributed by atoms with Crippen LogP contribution in [-0.4, -0.2) is 26.4 Å². The van der Waals surface area contributed by atoms with Crippen LogP contribution in [0.25, 0.3) is 16.5 Å². The Morgan fingerprint density at radius 1 is 0.944 bits per heavy atom. The molecule has 0 aliphatic heterocycles. The quantitative estimate of drug-likeness (QED) is 0.261. The number of hydrogen-bond donors (Lipinski definition) is 1. The third-order valence-electron chi connectivity index (χ3n) is 6.00. The van der Waals surface area contributed by atoms with E-state index in [1.54, 1.807) is 18.2 Å². The molecule has 0 unspecified atom stereocenters. The number of carbonyl (C=O) groups excluding carboxylic acids is 1. The highest BCUT2D eigenvalue weighted by Crippen LogP contribution is 2.28. The highest BCUT2D eigenvalue weighted by Gasteiger charge is 2.19. The number of nitrogens with zero attached hydrogens (tertiary/aromatic N) is 3. The molecule has 0 bridgehead atoms. The van der Waals surface area contributed by atoms with Crippen molar-refractivity contribution in [2.24, 2.45) is 0 Å². The molecule has 36 heavy (non-hydrogen) atoms. The zero-order chi connectivity index (χ0) is 25.1. The van der Waals surface area contributed by atoms with Gasteiger partial charge in [0.15, 0.2) is 5.16 Å². The number of fused-ring (bicyclic) bond motifs is 1. The van der Waals surface area contributed by atoms with Gasteiger partial charge in [-0.2, -0.15) is 0 Å². The van der Waals surface area contributed by atoms with Gasteiger partial charge in [-0.3, -0.25) is 9.36 Å². The van der Waals surface area contributed by atoms with Crippen LogP contribution in [0.1, 0.15) is 22.5 Å². The Labute approximate surface area is 213 Å². The molecule has 5 nitrogen and oxygen atoms in total. The van der Waals surface area contributed by atoms with Crippen LogP contribution < -0.4 is 5.32 Å². The van der Waals surface area contributed by atoms with Gasteiger partial charge in [0.2, 0.25) is 5.91 Å². The van der Waals surface area contributed by atoms with Gasteiger partial charge in [-0.05, 0) is 53.9 Å². The molecule has 0 fully saturated rings. The molecule has 0 aliphatic carbocycles. The third kappa shape index (κ3) is 5.02. The molecule has 4 aromatic carbocycles. The second kappa shape index (κ2) is 10.3. The average molecular weight is 497 g/mol. The Kier molecular flexibility index (Phi) is 6.82. The van der Waals surface area contributed by atoms with E-state index in [2.05, 4.69) is 77.9 Å². The molecule has 7 heteroatoms. The van der Waals surface area contributed by atoms with E-state index in [9.17, 15) is 9.18 Å². The maximum Gasteiger partial charge on any atom is 0.234 e. The first-order chi connectivity index (χ1) is 17.5. The van der Waals surface area contributed by atoms with Crippen molar-refractivity contribution < 1.29 is 9.18 Å². The largest absolute Gasteiger partial charge is 0.323 e.